The molecule has 0 aliphatic carbocycles. The molecule has 0 aliphatic rings. The van der Waals surface area contributed by atoms with Gasteiger partial charge in [0.15, 0.2) is 0 Å². The fraction of sp³-hybridized carbons (Fsp3) is 0.250. The zero-order chi connectivity index (χ0) is 4.41. The number of hydrogen-bond donors (Lipinski definition) is 1. The van der Waals surface area contributed by atoms with Crippen molar-refractivity contribution in [1.82, 2.24) is 9.97 Å². The van der Waals surface area contributed by atoms with E-state index >= 15 is 0 Å². The predicted molar refractivity (Wildman–Crippen MR) is 23.3 cm³/mol. The van der Waals surface area contributed by atoms with Crippen LogP contribution in [0.15, 0.2) is 12.4 Å². The number of aromatic amines is 1. The second-order valence-corrected chi connectivity index (χ2v) is 1.17. The molecule has 0 bridgehead atoms. The summed E-state index contributed by atoms with van der Waals surface area (Å²) < 4.78 is 0. The van der Waals surface area contributed by atoms with Gasteiger partial charge in [-0.25, -0.2) is 4.98 Å². The van der Waals surface area contributed by atoms with Crippen molar-refractivity contribution in [3.05, 3.63) is 18.2 Å². The molecule has 7 heavy (non-hydrogen) atoms. The number of aryl methyl sites for hydroxylation is 1. The molecule has 0 saturated carbocycles. The van der Waals surface area contributed by atoms with Gasteiger partial charge in [-0.15, -0.1) is 0 Å². The Balaban J connectivity index is 0.000000360. The summed E-state index contributed by atoms with van der Waals surface area (Å²) in [6.45, 7) is 1.92. The van der Waals surface area contributed by atoms with Gasteiger partial charge in [-0.2, -0.15) is 0 Å². The van der Waals surface area contributed by atoms with Crippen LogP contribution in [0.5, 0.6) is 0 Å². The maximum Gasteiger partial charge on any atom is 0.102 e. The zero-order valence-electron chi connectivity index (χ0n) is 4.18. The van der Waals surface area contributed by atoms with Crippen molar-refractivity contribution in [3.8, 4) is 0 Å². The second-order valence-electron chi connectivity index (χ2n) is 1.17. The van der Waals surface area contributed by atoms with Gasteiger partial charge in [-0.1, -0.05) is 0 Å². The summed E-state index contributed by atoms with van der Waals surface area (Å²) in [5.74, 6) is 0.968. The summed E-state index contributed by atoms with van der Waals surface area (Å²) in [5.41, 5.74) is 0. The molecule has 0 aliphatic heterocycles. The second kappa shape index (κ2) is 3.33. The van der Waals surface area contributed by atoms with Gasteiger partial charge < -0.3 is 4.98 Å². The van der Waals surface area contributed by atoms with Gasteiger partial charge in [-0.05, 0) is 6.92 Å². The molecule has 1 aromatic rings. The van der Waals surface area contributed by atoms with Gasteiger partial charge in [0, 0.05) is 45.1 Å². The molecule has 1 aromatic heterocycles. The predicted octanol–water partition coefficient (Wildman–Crippen LogP) is 0.716. The molecule has 0 atom stereocenters. The summed E-state index contributed by atoms with van der Waals surface area (Å²) in [6.07, 6.45) is 3.53. The third-order valence-electron chi connectivity index (χ3n) is 0.635. The van der Waals surface area contributed by atoms with E-state index in [0.717, 1.165) is 5.82 Å². The van der Waals surface area contributed by atoms with E-state index in [2.05, 4.69) is 9.97 Å². The molecule has 1 N–H and O–H groups in total. The molecule has 1 heterocycles. The molecule has 0 fully saturated rings. The first-order chi connectivity index (χ1) is 2.89. The van der Waals surface area contributed by atoms with E-state index in [0.29, 0.717) is 0 Å². The Hall–Kier alpha value is 0.314. The van der Waals surface area contributed by atoms with E-state index in [-0.39, 0.29) is 32.7 Å². The average molecular weight is 171 g/mol. The first kappa shape index (κ1) is 7.31. The standard InChI is InChI=1S/C4H6N2.Y/c1-4-5-2-3-6-4;/h2-3H,1H3,(H,5,6);. The number of hydrogen-bond acceptors (Lipinski definition) is 1. The van der Waals surface area contributed by atoms with Gasteiger partial charge >= 0.3 is 0 Å². The number of H-pyrrole nitrogens is 1. The molecule has 0 spiro atoms. The summed E-state index contributed by atoms with van der Waals surface area (Å²) in [6, 6.07) is 0. The van der Waals surface area contributed by atoms with Crippen LogP contribution in [0.2, 0.25) is 0 Å². The van der Waals surface area contributed by atoms with Crippen LogP contribution in [0.4, 0.5) is 0 Å². The summed E-state index contributed by atoms with van der Waals surface area (Å²) in [4.78, 5) is 6.75. The number of aromatic nitrogens is 2. The van der Waals surface area contributed by atoms with Gasteiger partial charge in [-0.3, -0.25) is 0 Å². The first-order valence-electron chi connectivity index (χ1n) is 1.85. The summed E-state index contributed by atoms with van der Waals surface area (Å²) >= 11 is 0. The van der Waals surface area contributed by atoms with Crippen LogP contribution in [0.3, 0.4) is 0 Å². The third-order valence-corrected chi connectivity index (χ3v) is 0.635. The Kier molecular flexibility index (Phi) is 3.48. The van der Waals surface area contributed by atoms with Crippen molar-refractivity contribution >= 4 is 0 Å². The van der Waals surface area contributed by atoms with Crippen molar-refractivity contribution in [2.24, 2.45) is 0 Å². The van der Waals surface area contributed by atoms with Gasteiger partial charge in [0.25, 0.3) is 0 Å². The minimum Gasteiger partial charge on any atom is -0.349 e. The monoisotopic (exact) mass is 171 g/mol. The molecule has 1 radical (unpaired) electrons. The van der Waals surface area contributed by atoms with Crippen molar-refractivity contribution in [1.29, 1.82) is 0 Å². The Morgan fingerprint density at radius 2 is 2.43 bits per heavy atom. The Morgan fingerprint density at radius 1 is 1.71 bits per heavy atom. The SMILES string of the molecule is Cc1ncc[nH]1.[Y]. The van der Waals surface area contributed by atoms with E-state index in [1.807, 2.05) is 6.92 Å². The molecular formula is C4H6N2Y. The largest absolute Gasteiger partial charge is 0.349 e. The van der Waals surface area contributed by atoms with Gasteiger partial charge in [0.2, 0.25) is 0 Å². The van der Waals surface area contributed by atoms with Crippen LogP contribution in [-0.4, -0.2) is 9.97 Å². The smallest absolute Gasteiger partial charge is 0.102 e. The Bertz CT molecular complexity index is 113. The van der Waals surface area contributed by atoms with Crippen molar-refractivity contribution < 1.29 is 32.7 Å². The molecule has 0 saturated heterocycles. The number of rotatable bonds is 0. The third kappa shape index (κ3) is 2.20. The van der Waals surface area contributed by atoms with Crippen molar-refractivity contribution in [2.45, 2.75) is 6.92 Å². The number of imidazole rings is 1. The van der Waals surface area contributed by atoms with Gasteiger partial charge in [0.1, 0.15) is 5.82 Å². The van der Waals surface area contributed by atoms with Gasteiger partial charge in [0.05, 0.1) is 0 Å². The molecule has 3 heteroatoms. The van der Waals surface area contributed by atoms with E-state index in [1.54, 1.807) is 12.4 Å². The van der Waals surface area contributed by atoms with E-state index < -0.39 is 0 Å². The molecular weight excluding hydrogens is 165 g/mol. The maximum atomic E-state index is 3.86. The zero-order valence-corrected chi connectivity index (χ0v) is 7.02. The molecule has 2 nitrogen and oxygen atoms in total. The normalized spacial score (nSPS) is 7.57. The van der Waals surface area contributed by atoms with Crippen LogP contribution in [-0.2, 0) is 32.7 Å². The first-order valence-corrected chi connectivity index (χ1v) is 1.85. The average Bonchev–Trinajstić information content (AvgIpc) is 1.86. The van der Waals surface area contributed by atoms with Crippen LogP contribution >= 0.6 is 0 Å². The fourth-order valence-electron chi connectivity index (χ4n) is 0.344. The fourth-order valence-corrected chi connectivity index (χ4v) is 0.344. The summed E-state index contributed by atoms with van der Waals surface area (Å²) in [7, 11) is 0. The van der Waals surface area contributed by atoms with Crippen molar-refractivity contribution in [2.75, 3.05) is 0 Å². The van der Waals surface area contributed by atoms with E-state index in [4.69, 9.17) is 0 Å². The van der Waals surface area contributed by atoms with E-state index in [1.165, 1.54) is 0 Å². The quantitative estimate of drug-likeness (QED) is 0.611. The van der Waals surface area contributed by atoms with Crippen LogP contribution in [0.25, 0.3) is 0 Å². The molecule has 35 valence electrons. The minimum absolute atomic E-state index is 0. The topological polar surface area (TPSA) is 28.7 Å². The van der Waals surface area contributed by atoms with E-state index in [9.17, 15) is 0 Å². The molecule has 0 unspecified atom stereocenters. The molecule has 1 rings (SSSR count). The molecule has 0 amide bonds. The van der Waals surface area contributed by atoms with Crippen LogP contribution in [0, 0.1) is 6.92 Å². The minimum atomic E-state index is 0. The van der Waals surface area contributed by atoms with Crippen LogP contribution < -0.4 is 0 Å². The number of nitrogens with zero attached hydrogens (tertiary/aromatic N) is 1. The Labute approximate surface area is 67.6 Å². The van der Waals surface area contributed by atoms with Crippen LogP contribution in [0.1, 0.15) is 5.82 Å². The van der Waals surface area contributed by atoms with Crippen molar-refractivity contribution in [3.63, 3.8) is 0 Å². The molecule has 0 aromatic carbocycles. The Morgan fingerprint density at radius 3 is 2.57 bits per heavy atom. The summed E-state index contributed by atoms with van der Waals surface area (Å²) in [5, 5.41) is 0. The maximum absolute atomic E-state index is 3.86. The number of nitrogens with one attached hydrogen (secondary N) is 1.